The minimum absolute atomic E-state index is 0.0235. The highest BCUT2D eigenvalue weighted by atomic mass is 19.1. The van der Waals surface area contributed by atoms with Crippen molar-refractivity contribution in [3.63, 3.8) is 0 Å². The third-order valence-corrected chi connectivity index (χ3v) is 4.77. The Bertz CT molecular complexity index is 790. The number of esters is 1. The summed E-state index contributed by atoms with van der Waals surface area (Å²) in [6, 6.07) is 13.1. The summed E-state index contributed by atoms with van der Waals surface area (Å²) in [5.41, 5.74) is 2.14. The quantitative estimate of drug-likeness (QED) is 0.819. The van der Waals surface area contributed by atoms with Crippen LogP contribution in [-0.2, 0) is 16.1 Å². The largest absolute Gasteiger partial charge is 0.465 e. The monoisotopic (exact) mass is 370 g/mol. The lowest BCUT2D eigenvalue weighted by Gasteiger charge is -2.32. The average molecular weight is 370 g/mol. The summed E-state index contributed by atoms with van der Waals surface area (Å²) in [5.74, 6) is -0.770. The van der Waals surface area contributed by atoms with Crippen molar-refractivity contribution in [2.24, 2.45) is 5.92 Å². The van der Waals surface area contributed by atoms with Crippen LogP contribution in [0, 0.1) is 11.7 Å². The molecule has 0 spiro atoms. The Morgan fingerprint density at radius 1 is 1.15 bits per heavy atom. The van der Waals surface area contributed by atoms with Crippen LogP contribution >= 0.6 is 0 Å². The zero-order valence-corrected chi connectivity index (χ0v) is 15.3. The first kappa shape index (κ1) is 19.0. The van der Waals surface area contributed by atoms with Gasteiger partial charge >= 0.3 is 5.97 Å². The Morgan fingerprint density at radius 2 is 1.85 bits per heavy atom. The number of piperidine rings is 1. The van der Waals surface area contributed by atoms with Gasteiger partial charge in [0.15, 0.2) is 0 Å². The molecular weight excluding hydrogens is 347 g/mol. The molecule has 1 aliphatic rings. The second-order valence-electron chi connectivity index (χ2n) is 6.76. The van der Waals surface area contributed by atoms with Crippen molar-refractivity contribution in [1.29, 1.82) is 0 Å². The van der Waals surface area contributed by atoms with E-state index in [4.69, 9.17) is 0 Å². The van der Waals surface area contributed by atoms with Gasteiger partial charge in [-0.2, -0.15) is 0 Å². The maximum absolute atomic E-state index is 13.0. The Morgan fingerprint density at radius 3 is 2.52 bits per heavy atom. The lowest BCUT2D eigenvalue weighted by Crippen LogP contribution is -2.40. The van der Waals surface area contributed by atoms with Gasteiger partial charge in [0.25, 0.3) is 0 Å². The number of halogens is 1. The van der Waals surface area contributed by atoms with Crippen LogP contribution in [0.15, 0.2) is 48.5 Å². The molecule has 0 aliphatic carbocycles. The number of rotatable bonds is 5. The number of benzene rings is 2. The van der Waals surface area contributed by atoms with Crippen LogP contribution in [0.5, 0.6) is 0 Å². The van der Waals surface area contributed by atoms with Crippen LogP contribution in [0.25, 0.3) is 0 Å². The van der Waals surface area contributed by atoms with Crippen LogP contribution in [0.4, 0.5) is 10.1 Å². The predicted octanol–water partition coefficient (Wildman–Crippen LogP) is 3.46. The minimum Gasteiger partial charge on any atom is -0.465 e. The van der Waals surface area contributed by atoms with Gasteiger partial charge in [0.1, 0.15) is 5.82 Å². The number of methoxy groups -OCH3 is 1. The summed E-state index contributed by atoms with van der Waals surface area (Å²) >= 11 is 0. The zero-order valence-electron chi connectivity index (χ0n) is 15.3. The van der Waals surface area contributed by atoms with Gasteiger partial charge < -0.3 is 10.1 Å². The summed E-state index contributed by atoms with van der Waals surface area (Å²) in [4.78, 5) is 26.3. The molecule has 5 nitrogen and oxygen atoms in total. The molecule has 27 heavy (non-hydrogen) atoms. The zero-order chi connectivity index (χ0) is 19.2. The summed E-state index contributed by atoms with van der Waals surface area (Å²) in [5, 5.41) is 2.92. The molecule has 0 bridgehead atoms. The number of ether oxygens (including phenoxy) is 1. The standard InChI is InChI=1S/C21H23FN2O3/c1-27-21(26)16-6-10-19(11-7-16)23-20(25)17-3-2-12-24(14-17)13-15-4-8-18(22)9-5-15/h4-11,17H,2-3,12-14H2,1H3,(H,23,25)/t17-/m0/s1. The van der Waals surface area contributed by atoms with E-state index >= 15 is 0 Å². The molecule has 0 aromatic heterocycles. The highest BCUT2D eigenvalue weighted by molar-refractivity contribution is 5.94. The Labute approximate surface area is 158 Å². The smallest absolute Gasteiger partial charge is 0.337 e. The Hall–Kier alpha value is -2.73. The normalized spacial score (nSPS) is 17.3. The van der Waals surface area contributed by atoms with E-state index in [-0.39, 0.29) is 17.6 Å². The lowest BCUT2D eigenvalue weighted by molar-refractivity contribution is -0.121. The molecule has 142 valence electrons. The third kappa shape index (κ3) is 5.14. The SMILES string of the molecule is COC(=O)c1ccc(NC(=O)[C@H]2CCCN(Cc3ccc(F)cc3)C2)cc1. The second kappa shape index (κ2) is 8.77. The number of hydrogen-bond donors (Lipinski definition) is 1. The van der Waals surface area contributed by atoms with Crippen LogP contribution in [-0.4, -0.2) is 37.0 Å². The number of carbonyl (C=O) groups is 2. The molecule has 0 radical (unpaired) electrons. The second-order valence-corrected chi connectivity index (χ2v) is 6.76. The van der Waals surface area contributed by atoms with Gasteiger partial charge in [-0.25, -0.2) is 9.18 Å². The number of hydrogen-bond acceptors (Lipinski definition) is 4. The molecule has 2 aromatic rings. The molecule has 1 N–H and O–H groups in total. The molecule has 1 aliphatic heterocycles. The van der Waals surface area contributed by atoms with Gasteiger partial charge in [0, 0.05) is 18.8 Å². The molecule has 1 atom stereocenters. The molecule has 1 saturated heterocycles. The molecule has 1 heterocycles. The Balaban J connectivity index is 1.56. The molecule has 6 heteroatoms. The van der Waals surface area contributed by atoms with Crippen LogP contribution < -0.4 is 5.32 Å². The number of nitrogens with zero attached hydrogens (tertiary/aromatic N) is 1. The van der Waals surface area contributed by atoms with Crippen molar-refractivity contribution >= 4 is 17.6 Å². The highest BCUT2D eigenvalue weighted by Crippen LogP contribution is 2.21. The summed E-state index contributed by atoms with van der Waals surface area (Å²) in [6.07, 6.45) is 1.78. The molecule has 0 saturated carbocycles. The third-order valence-electron chi connectivity index (χ3n) is 4.77. The minimum atomic E-state index is -0.406. The van der Waals surface area contributed by atoms with E-state index in [2.05, 4.69) is 15.0 Å². The van der Waals surface area contributed by atoms with E-state index in [0.717, 1.165) is 24.9 Å². The van der Waals surface area contributed by atoms with Gasteiger partial charge in [-0.3, -0.25) is 9.69 Å². The molecule has 1 fully saturated rings. The number of nitrogens with one attached hydrogen (secondary N) is 1. The predicted molar refractivity (Wildman–Crippen MR) is 101 cm³/mol. The topological polar surface area (TPSA) is 58.6 Å². The van der Waals surface area contributed by atoms with Crippen molar-refractivity contribution in [2.45, 2.75) is 19.4 Å². The van der Waals surface area contributed by atoms with Gasteiger partial charge in [-0.15, -0.1) is 0 Å². The first-order valence-corrected chi connectivity index (χ1v) is 9.01. The van der Waals surface area contributed by atoms with Gasteiger partial charge in [-0.05, 0) is 61.3 Å². The number of amides is 1. The van der Waals surface area contributed by atoms with Crippen molar-refractivity contribution in [3.05, 3.63) is 65.5 Å². The molecule has 0 unspecified atom stereocenters. The number of carbonyl (C=O) groups excluding carboxylic acids is 2. The molecular formula is C21H23FN2O3. The fraction of sp³-hybridized carbons (Fsp3) is 0.333. The number of anilines is 1. The molecule has 3 rings (SSSR count). The first-order chi connectivity index (χ1) is 13.0. The lowest BCUT2D eigenvalue weighted by atomic mass is 9.96. The van der Waals surface area contributed by atoms with E-state index in [9.17, 15) is 14.0 Å². The van der Waals surface area contributed by atoms with E-state index in [1.165, 1.54) is 19.2 Å². The highest BCUT2D eigenvalue weighted by Gasteiger charge is 2.26. The van der Waals surface area contributed by atoms with Gasteiger partial charge in [0.2, 0.25) is 5.91 Å². The summed E-state index contributed by atoms with van der Waals surface area (Å²) in [6.45, 7) is 2.30. The fourth-order valence-corrected chi connectivity index (χ4v) is 3.31. The summed E-state index contributed by atoms with van der Waals surface area (Å²) in [7, 11) is 1.33. The van der Waals surface area contributed by atoms with Crippen LogP contribution in [0.2, 0.25) is 0 Å². The first-order valence-electron chi connectivity index (χ1n) is 9.01. The van der Waals surface area contributed by atoms with Gasteiger partial charge in [0.05, 0.1) is 18.6 Å². The number of likely N-dealkylation sites (tertiary alicyclic amines) is 1. The van der Waals surface area contributed by atoms with E-state index < -0.39 is 5.97 Å². The molecule has 1 amide bonds. The average Bonchev–Trinajstić information content (AvgIpc) is 2.70. The van der Waals surface area contributed by atoms with Crippen LogP contribution in [0.3, 0.4) is 0 Å². The summed E-state index contributed by atoms with van der Waals surface area (Å²) < 4.78 is 17.7. The van der Waals surface area contributed by atoms with Gasteiger partial charge in [-0.1, -0.05) is 12.1 Å². The van der Waals surface area contributed by atoms with E-state index in [1.54, 1.807) is 36.4 Å². The van der Waals surface area contributed by atoms with E-state index in [1.807, 2.05) is 0 Å². The van der Waals surface area contributed by atoms with Crippen LogP contribution in [0.1, 0.15) is 28.8 Å². The fourth-order valence-electron chi connectivity index (χ4n) is 3.31. The Kier molecular flexibility index (Phi) is 6.19. The van der Waals surface area contributed by atoms with Crippen molar-refractivity contribution < 1.29 is 18.7 Å². The van der Waals surface area contributed by atoms with Crippen molar-refractivity contribution in [1.82, 2.24) is 4.90 Å². The van der Waals surface area contributed by atoms with Crippen molar-refractivity contribution in [2.75, 3.05) is 25.5 Å². The molecule has 2 aromatic carbocycles. The maximum Gasteiger partial charge on any atom is 0.337 e. The van der Waals surface area contributed by atoms with Crippen molar-refractivity contribution in [3.8, 4) is 0 Å². The van der Waals surface area contributed by atoms with E-state index in [0.29, 0.717) is 24.3 Å². The maximum atomic E-state index is 13.0.